The summed E-state index contributed by atoms with van der Waals surface area (Å²) in [5.41, 5.74) is 1.91. The van der Waals surface area contributed by atoms with Gasteiger partial charge < -0.3 is 10.3 Å². The van der Waals surface area contributed by atoms with Gasteiger partial charge in [0.05, 0.1) is 0 Å². The number of hydroxylamine groups is 1. The molecule has 0 saturated carbocycles. The van der Waals surface area contributed by atoms with E-state index >= 15 is 0 Å². The Balaban J connectivity index is 0. The van der Waals surface area contributed by atoms with E-state index < -0.39 is 0 Å². The Kier molecular flexibility index (Phi) is 15.6. The Morgan fingerprint density at radius 1 is 1.43 bits per heavy atom. The Labute approximate surface area is 67.9 Å². The molecule has 0 fully saturated rings. The molecule has 3 N–H and O–H groups in total. The third kappa shape index (κ3) is 10.9. The third-order valence-corrected chi connectivity index (χ3v) is 0.447. The molecule has 0 saturated heterocycles. The molecule has 4 heteroatoms. The van der Waals surface area contributed by atoms with Crippen LogP contribution in [0.1, 0.15) is 6.42 Å². The summed E-state index contributed by atoms with van der Waals surface area (Å²) in [4.78, 5) is 0. The smallest absolute Gasteiger partial charge is 0.0444 e. The summed E-state index contributed by atoms with van der Waals surface area (Å²) in [6, 6.07) is 0. The van der Waals surface area contributed by atoms with Gasteiger partial charge in [-0.15, -0.1) is 0 Å². The second-order valence-corrected chi connectivity index (χ2v) is 0.985. The minimum atomic E-state index is 0. The Morgan fingerprint density at radius 3 is 2.14 bits per heavy atom. The minimum Gasteiger partial charge on any atom is -0.396 e. The standard InChI is InChI=1S/C3H9NO2.Y/c5-3-1-2-4-6;/h4-6H,1-3H2;. The van der Waals surface area contributed by atoms with Crippen LogP contribution in [0.15, 0.2) is 0 Å². The first-order chi connectivity index (χ1) is 2.91. The fourth-order valence-corrected chi connectivity index (χ4v) is 0.158. The van der Waals surface area contributed by atoms with Crippen molar-refractivity contribution < 1.29 is 43.0 Å². The third-order valence-electron chi connectivity index (χ3n) is 0.447. The van der Waals surface area contributed by atoms with Gasteiger partial charge in [0.25, 0.3) is 0 Å². The maximum Gasteiger partial charge on any atom is 0.0444 e. The van der Waals surface area contributed by atoms with Gasteiger partial charge in [0.2, 0.25) is 0 Å². The van der Waals surface area contributed by atoms with E-state index in [2.05, 4.69) is 0 Å². The number of hydrogen-bond donors (Lipinski definition) is 3. The number of aliphatic hydroxyl groups excluding tert-OH is 1. The van der Waals surface area contributed by atoms with Crippen molar-refractivity contribution in [2.75, 3.05) is 13.2 Å². The van der Waals surface area contributed by atoms with Gasteiger partial charge >= 0.3 is 0 Å². The summed E-state index contributed by atoms with van der Waals surface area (Å²) in [6.45, 7) is 0.601. The second-order valence-electron chi connectivity index (χ2n) is 0.985. The van der Waals surface area contributed by atoms with E-state index in [1.54, 1.807) is 0 Å². The van der Waals surface area contributed by atoms with Crippen LogP contribution in [0.4, 0.5) is 0 Å². The van der Waals surface area contributed by atoms with Crippen molar-refractivity contribution in [3.63, 3.8) is 0 Å². The summed E-state index contributed by atoms with van der Waals surface area (Å²) < 4.78 is 0. The van der Waals surface area contributed by atoms with Gasteiger partial charge in [-0.25, -0.2) is 5.48 Å². The van der Waals surface area contributed by atoms with Crippen LogP contribution in [0.3, 0.4) is 0 Å². The quantitative estimate of drug-likeness (QED) is 0.399. The summed E-state index contributed by atoms with van der Waals surface area (Å²) >= 11 is 0. The van der Waals surface area contributed by atoms with Crippen LogP contribution in [-0.2, 0) is 32.7 Å². The molecule has 0 amide bonds. The molecule has 0 unspecified atom stereocenters. The van der Waals surface area contributed by atoms with Crippen molar-refractivity contribution in [1.82, 2.24) is 5.48 Å². The van der Waals surface area contributed by atoms with Crippen molar-refractivity contribution in [2.24, 2.45) is 0 Å². The van der Waals surface area contributed by atoms with E-state index in [9.17, 15) is 0 Å². The molecule has 7 heavy (non-hydrogen) atoms. The predicted octanol–water partition coefficient (Wildman–Crippen LogP) is -0.655. The van der Waals surface area contributed by atoms with Gasteiger partial charge in [-0.3, -0.25) is 0 Å². The molecule has 0 bridgehead atoms. The molecule has 0 atom stereocenters. The molecular formula is C3H9NO2Y. The molecule has 0 aromatic rings. The van der Waals surface area contributed by atoms with Crippen LogP contribution in [0.2, 0.25) is 0 Å². The first-order valence-electron chi connectivity index (χ1n) is 1.89. The van der Waals surface area contributed by atoms with Crippen LogP contribution < -0.4 is 5.48 Å². The normalized spacial score (nSPS) is 7.71. The SMILES string of the molecule is OCCCNO.[Y]. The summed E-state index contributed by atoms with van der Waals surface area (Å²) in [5, 5.41) is 15.9. The number of nitrogens with one attached hydrogen (secondary N) is 1. The molecule has 0 heterocycles. The Hall–Kier alpha value is 0.984. The van der Waals surface area contributed by atoms with Gasteiger partial charge in [-0.05, 0) is 6.42 Å². The van der Waals surface area contributed by atoms with E-state index in [1.807, 2.05) is 5.48 Å². The maximum absolute atomic E-state index is 8.05. The average Bonchev–Trinajstić information content (AvgIpc) is 1.61. The largest absolute Gasteiger partial charge is 0.396 e. The van der Waals surface area contributed by atoms with Crippen LogP contribution >= 0.6 is 0 Å². The van der Waals surface area contributed by atoms with Crippen LogP contribution in [-0.4, -0.2) is 23.5 Å². The van der Waals surface area contributed by atoms with E-state index in [0.29, 0.717) is 13.0 Å². The first kappa shape index (κ1) is 10.9. The van der Waals surface area contributed by atoms with Crippen molar-refractivity contribution in [3.8, 4) is 0 Å². The molecule has 0 aliphatic carbocycles. The Morgan fingerprint density at radius 2 is 2.00 bits per heavy atom. The molecule has 0 aromatic heterocycles. The van der Waals surface area contributed by atoms with Crippen molar-refractivity contribution in [2.45, 2.75) is 6.42 Å². The predicted molar refractivity (Wildman–Crippen MR) is 21.5 cm³/mol. The summed E-state index contributed by atoms with van der Waals surface area (Å²) in [5.74, 6) is 0. The number of rotatable bonds is 3. The van der Waals surface area contributed by atoms with Crippen LogP contribution in [0.25, 0.3) is 0 Å². The van der Waals surface area contributed by atoms with Gasteiger partial charge in [-0.1, -0.05) is 0 Å². The minimum absolute atomic E-state index is 0. The zero-order valence-electron chi connectivity index (χ0n) is 4.09. The average molecular weight is 180 g/mol. The monoisotopic (exact) mass is 180 g/mol. The topological polar surface area (TPSA) is 52.5 Å². The van der Waals surface area contributed by atoms with Crippen LogP contribution in [0, 0.1) is 0 Å². The second kappa shape index (κ2) is 10.1. The van der Waals surface area contributed by atoms with E-state index in [-0.39, 0.29) is 39.3 Å². The van der Waals surface area contributed by atoms with Gasteiger partial charge in [0, 0.05) is 45.9 Å². The molecule has 41 valence electrons. The van der Waals surface area contributed by atoms with Crippen molar-refractivity contribution >= 4 is 0 Å². The fraction of sp³-hybridized carbons (Fsp3) is 1.00. The molecule has 1 radical (unpaired) electrons. The zero-order chi connectivity index (χ0) is 4.83. The summed E-state index contributed by atoms with van der Waals surface area (Å²) in [7, 11) is 0. The fourth-order valence-electron chi connectivity index (χ4n) is 0.158. The van der Waals surface area contributed by atoms with E-state index in [0.717, 1.165) is 0 Å². The van der Waals surface area contributed by atoms with Gasteiger partial charge in [0.1, 0.15) is 0 Å². The Bertz CT molecular complexity index is 24.9. The summed E-state index contributed by atoms with van der Waals surface area (Å²) in [6.07, 6.45) is 0.608. The molecule has 0 aromatic carbocycles. The van der Waals surface area contributed by atoms with Gasteiger partial charge in [0.15, 0.2) is 0 Å². The van der Waals surface area contributed by atoms with Crippen molar-refractivity contribution in [3.05, 3.63) is 0 Å². The number of aliphatic hydroxyl groups is 1. The zero-order valence-corrected chi connectivity index (χ0v) is 6.93. The van der Waals surface area contributed by atoms with Crippen molar-refractivity contribution in [1.29, 1.82) is 0 Å². The van der Waals surface area contributed by atoms with E-state index in [4.69, 9.17) is 10.3 Å². The molecular weight excluding hydrogens is 171 g/mol. The molecule has 0 aliphatic rings. The molecule has 3 nitrogen and oxygen atoms in total. The van der Waals surface area contributed by atoms with E-state index in [1.165, 1.54) is 0 Å². The first-order valence-corrected chi connectivity index (χ1v) is 1.89. The number of hydrogen-bond acceptors (Lipinski definition) is 3. The molecule has 0 spiro atoms. The molecule has 0 aliphatic heterocycles. The molecule has 0 rings (SSSR count). The maximum atomic E-state index is 8.05. The van der Waals surface area contributed by atoms with Gasteiger partial charge in [-0.2, -0.15) is 0 Å². The van der Waals surface area contributed by atoms with Crippen LogP contribution in [0.5, 0.6) is 0 Å².